The van der Waals surface area contributed by atoms with Crippen LogP contribution >= 0.6 is 0 Å². The Morgan fingerprint density at radius 1 is 0.778 bits per heavy atom. The van der Waals surface area contributed by atoms with Gasteiger partial charge in [-0.1, -0.05) is 67.2 Å². The smallest absolute Gasteiger partial charge is 0.450 e. The third-order valence-corrected chi connectivity index (χ3v) is 2.24. The normalized spacial score (nSPS) is 8.89. The maximum Gasteiger partial charge on any atom is 0.503 e. The molecule has 2 aromatic rings. The van der Waals surface area contributed by atoms with Gasteiger partial charge in [-0.3, -0.25) is 0 Å². The first-order chi connectivity index (χ1) is 8.61. The minimum absolute atomic E-state index is 1.08. The first-order valence-corrected chi connectivity index (χ1v) is 5.33. The van der Waals surface area contributed by atoms with Crippen molar-refractivity contribution in [1.82, 2.24) is 0 Å². The second-order valence-corrected chi connectivity index (χ2v) is 3.49. The number of rotatable bonds is 2. The van der Waals surface area contributed by atoms with Gasteiger partial charge < -0.3 is 10.2 Å². The Morgan fingerprint density at radius 3 is 1.33 bits per heavy atom. The minimum Gasteiger partial charge on any atom is -0.450 e. The van der Waals surface area contributed by atoms with Gasteiger partial charge in [-0.05, 0) is 16.7 Å². The molecule has 0 saturated heterocycles. The van der Waals surface area contributed by atoms with Crippen LogP contribution in [-0.2, 0) is 0 Å². The third-order valence-electron chi connectivity index (χ3n) is 2.24. The average Bonchev–Trinajstić information content (AvgIpc) is 2.39. The van der Waals surface area contributed by atoms with Gasteiger partial charge in [-0.15, -0.1) is 0 Å². The van der Waals surface area contributed by atoms with E-state index in [1.165, 1.54) is 11.1 Å². The highest BCUT2D eigenvalue weighted by Crippen LogP contribution is 2.20. The van der Waals surface area contributed by atoms with Crippen molar-refractivity contribution in [2.45, 2.75) is 0 Å². The number of hydrogen-bond acceptors (Lipinski definition) is 1. The van der Waals surface area contributed by atoms with Gasteiger partial charge in [0.05, 0.1) is 0 Å². The summed E-state index contributed by atoms with van der Waals surface area (Å²) in [5, 5.41) is 13.9. The van der Waals surface area contributed by atoms with Crippen LogP contribution in [0.5, 0.6) is 0 Å². The van der Waals surface area contributed by atoms with E-state index in [4.69, 9.17) is 15.0 Å². The van der Waals surface area contributed by atoms with E-state index in [1.807, 2.05) is 36.4 Å². The second-order valence-electron chi connectivity index (χ2n) is 3.49. The standard InChI is InChI=1S/C14H12.CH2O3/c1-12(13-8-4-2-5-9-13)14-10-6-3-7-11-14;2-1(3)4/h2-11H,1H2;(H2,2,3,4). The van der Waals surface area contributed by atoms with Crippen molar-refractivity contribution in [2.75, 3.05) is 0 Å². The van der Waals surface area contributed by atoms with Crippen LogP contribution in [0.2, 0.25) is 0 Å². The number of carboxylic acid groups (broad SMARTS) is 2. The van der Waals surface area contributed by atoms with Crippen LogP contribution in [0.4, 0.5) is 4.79 Å². The SMILES string of the molecule is C=C(c1ccccc1)c1ccccc1.O=C(O)O. The van der Waals surface area contributed by atoms with Crippen LogP contribution in [0.1, 0.15) is 11.1 Å². The molecule has 0 aliphatic carbocycles. The summed E-state index contributed by atoms with van der Waals surface area (Å²) < 4.78 is 0. The lowest BCUT2D eigenvalue weighted by Gasteiger charge is -2.04. The summed E-state index contributed by atoms with van der Waals surface area (Å²) in [5.74, 6) is 0. The fourth-order valence-corrected chi connectivity index (χ4v) is 1.45. The summed E-state index contributed by atoms with van der Waals surface area (Å²) in [4.78, 5) is 8.56. The van der Waals surface area contributed by atoms with Gasteiger partial charge in [0.2, 0.25) is 0 Å². The zero-order chi connectivity index (χ0) is 13.4. The van der Waals surface area contributed by atoms with Crippen molar-refractivity contribution >= 4 is 11.7 Å². The van der Waals surface area contributed by atoms with Gasteiger partial charge in [0.1, 0.15) is 0 Å². The predicted molar refractivity (Wildman–Crippen MR) is 71.7 cm³/mol. The quantitative estimate of drug-likeness (QED) is 0.837. The van der Waals surface area contributed by atoms with E-state index >= 15 is 0 Å². The summed E-state index contributed by atoms with van der Waals surface area (Å²) in [5.41, 5.74) is 3.43. The van der Waals surface area contributed by atoms with Crippen LogP contribution in [0.25, 0.3) is 5.57 Å². The summed E-state index contributed by atoms with van der Waals surface area (Å²) in [6.45, 7) is 4.10. The van der Waals surface area contributed by atoms with Gasteiger partial charge in [0, 0.05) is 0 Å². The molecule has 0 fully saturated rings. The maximum atomic E-state index is 8.56. The lowest BCUT2D eigenvalue weighted by Crippen LogP contribution is -1.84. The molecule has 0 aliphatic heterocycles. The van der Waals surface area contributed by atoms with E-state index in [9.17, 15) is 0 Å². The topological polar surface area (TPSA) is 57.5 Å². The molecule has 18 heavy (non-hydrogen) atoms. The van der Waals surface area contributed by atoms with Crippen molar-refractivity contribution < 1.29 is 15.0 Å². The van der Waals surface area contributed by atoms with Crippen LogP contribution in [0.3, 0.4) is 0 Å². The van der Waals surface area contributed by atoms with Crippen molar-refractivity contribution in [3.05, 3.63) is 78.4 Å². The van der Waals surface area contributed by atoms with E-state index in [0.29, 0.717) is 0 Å². The Kier molecular flexibility index (Phi) is 5.19. The first-order valence-electron chi connectivity index (χ1n) is 5.33. The van der Waals surface area contributed by atoms with Crippen LogP contribution < -0.4 is 0 Å². The van der Waals surface area contributed by atoms with E-state index in [1.54, 1.807) is 0 Å². The van der Waals surface area contributed by atoms with Gasteiger partial charge in [0.25, 0.3) is 0 Å². The summed E-state index contributed by atoms with van der Waals surface area (Å²) >= 11 is 0. The van der Waals surface area contributed by atoms with Gasteiger partial charge in [-0.25, -0.2) is 4.79 Å². The highest BCUT2D eigenvalue weighted by atomic mass is 16.6. The number of hydrogen-bond donors (Lipinski definition) is 2. The third kappa shape index (κ3) is 4.53. The molecular formula is C15H14O3. The molecular weight excluding hydrogens is 228 g/mol. The molecule has 2 N–H and O–H groups in total. The Labute approximate surface area is 106 Å². The largest absolute Gasteiger partial charge is 0.503 e. The molecule has 3 nitrogen and oxygen atoms in total. The van der Waals surface area contributed by atoms with Crippen LogP contribution in [0.15, 0.2) is 67.2 Å². The number of benzene rings is 2. The van der Waals surface area contributed by atoms with Crippen LogP contribution in [-0.4, -0.2) is 16.4 Å². The Bertz CT molecular complexity index is 458. The zero-order valence-corrected chi connectivity index (χ0v) is 9.78. The Hall–Kier alpha value is -2.55. The monoisotopic (exact) mass is 242 g/mol. The van der Waals surface area contributed by atoms with Crippen molar-refractivity contribution in [2.24, 2.45) is 0 Å². The highest BCUT2D eigenvalue weighted by molar-refractivity contribution is 5.77. The van der Waals surface area contributed by atoms with Gasteiger partial charge in [-0.2, -0.15) is 0 Å². The van der Waals surface area contributed by atoms with Crippen molar-refractivity contribution in [3.8, 4) is 0 Å². The fourth-order valence-electron chi connectivity index (χ4n) is 1.45. The Balaban J connectivity index is 0.000000357. The Morgan fingerprint density at radius 2 is 1.06 bits per heavy atom. The average molecular weight is 242 g/mol. The molecule has 0 saturated carbocycles. The fraction of sp³-hybridized carbons (Fsp3) is 0. The summed E-state index contributed by atoms with van der Waals surface area (Å²) in [6.07, 6.45) is -1.83. The maximum absolute atomic E-state index is 8.56. The molecule has 0 amide bonds. The van der Waals surface area contributed by atoms with E-state index in [2.05, 4.69) is 30.8 Å². The first kappa shape index (κ1) is 13.5. The van der Waals surface area contributed by atoms with Crippen molar-refractivity contribution in [3.63, 3.8) is 0 Å². The lowest BCUT2D eigenvalue weighted by molar-refractivity contribution is 0.137. The second kappa shape index (κ2) is 6.91. The predicted octanol–water partition coefficient (Wildman–Crippen LogP) is 3.97. The molecule has 0 atom stereocenters. The molecule has 0 unspecified atom stereocenters. The zero-order valence-electron chi connectivity index (χ0n) is 9.78. The van der Waals surface area contributed by atoms with E-state index in [0.717, 1.165) is 5.57 Å². The molecule has 0 radical (unpaired) electrons. The van der Waals surface area contributed by atoms with Gasteiger partial charge >= 0.3 is 6.16 Å². The molecule has 92 valence electrons. The molecule has 0 aromatic heterocycles. The molecule has 2 rings (SSSR count). The number of carbonyl (C=O) groups is 1. The lowest BCUT2D eigenvalue weighted by atomic mass is 10.0. The molecule has 2 aromatic carbocycles. The molecule has 0 heterocycles. The highest BCUT2D eigenvalue weighted by Gasteiger charge is 1.99. The molecule has 0 bridgehead atoms. The molecule has 3 heteroatoms. The van der Waals surface area contributed by atoms with Crippen LogP contribution in [0, 0.1) is 0 Å². The van der Waals surface area contributed by atoms with Crippen molar-refractivity contribution in [1.29, 1.82) is 0 Å². The summed E-state index contributed by atoms with van der Waals surface area (Å²) in [6, 6.07) is 20.5. The molecule has 0 spiro atoms. The van der Waals surface area contributed by atoms with Gasteiger partial charge in [0.15, 0.2) is 0 Å². The molecule has 0 aliphatic rings. The summed E-state index contributed by atoms with van der Waals surface area (Å²) in [7, 11) is 0. The minimum atomic E-state index is -1.83. The van der Waals surface area contributed by atoms with E-state index < -0.39 is 6.16 Å². The van der Waals surface area contributed by atoms with E-state index in [-0.39, 0.29) is 0 Å².